The number of phenolic OH excluding ortho intramolecular Hbond substituents is 1. The highest BCUT2D eigenvalue weighted by molar-refractivity contribution is 9.10. The number of nitrogens with one attached hydrogen (secondary N) is 1. The molecule has 8 nitrogen and oxygen atoms in total. The van der Waals surface area contributed by atoms with Crippen LogP contribution in [0.4, 0.5) is 11.4 Å². The number of para-hydroxylation sites is 2. The van der Waals surface area contributed by atoms with Crippen LogP contribution in [0.15, 0.2) is 76.4 Å². The maximum absolute atomic E-state index is 13.9. The number of carbonyl (C=O) groups excluding carboxylic acids is 3. The van der Waals surface area contributed by atoms with Crippen LogP contribution in [0, 0.1) is 5.41 Å². The number of ketones is 1. The van der Waals surface area contributed by atoms with Gasteiger partial charge in [0.1, 0.15) is 29.4 Å². The molecular weight excluding hydrogens is 612 g/mol. The molecule has 0 saturated heterocycles. The minimum absolute atomic E-state index is 0.107. The van der Waals surface area contributed by atoms with Gasteiger partial charge in [0.05, 0.1) is 23.3 Å². The molecule has 3 aromatic rings. The van der Waals surface area contributed by atoms with Crippen LogP contribution in [0.2, 0.25) is 5.02 Å². The average Bonchev–Trinajstić information content (AvgIpc) is 3.04. The fraction of sp³-hybridized carbons (Fsp3) is 0.258. The van der Waals surface area contributed by atoms with Crippen LogP contribution in [0.25, 0.3) is 0 Å². The van der Waals surface area contributed by atoms with Crippen molar-refractivity contribution in [3.8, 4) is 17.2 Å². The van der Waals surface area contributed by atoms with Crippen molar-refractivity contribution in [1.29, 1.82) is 0 Å². The van der Waals surface area contributed by atoms with E-state index in [1.165, 1.54) is 18.1 Å². The highest BCUT2D eigenvalue weighted by atomic mass is 79.9. The van der Waals surface area contributed by atoms with Gasteiger partial charge < -0.3 is 19.9 Å². The highest BCUT2D eigenvalue weighted by Gasteiger charge is 2.44. The minimum Gasteiger partial charge on any atom is -0.506 e. The van der Waals surface area contributed by atoms with Gasteiger partial charge in [-0.05, 0) is 69.7 Å². The minimum atomic E-state index is -0.994. The fourth-order valence-corrected chi connectivity index (χ4v) is 5.98. The first-order valence-electron chi connectivity index (χ1n) is 12.9. The number of fused-ring (bicyclic) bond motifs is 1. The Bertz CT molecular complexity index is 1600. The first kappa shape index (κ1) is 28.7. The molecule has 1 unspecified atom stereocenters. The number of esters is 1. The van der Waals surface area contributed by atoms with Crippen LogP contribution in [-0.4, -0.2) is 29.9 Å². The topological polar surface area (TPSA) is 105 Å². The molecule has 1 heterocycles. The molecule has 0 saturated carbocycles. The zero-order valence-electron chi connectivity index (χ0n) is 22.7. The van der Waals surface area contributed by atoms with Crippen molar-refractivity contribution in [2.24, 2.45) is 5.41 Å². The van der Waals surface area contributed by atoms with Crippen LogP contribution >= 0.6 is 27.5 Å². The van der Waals surface area contributed by atoms with E-state index in [9.17, 15) is 19.5 Å². The Morgan fingerprint density at radius 2 is 1.88 bits per heavy atom. The first-order valence-corrected chi connectivity index (χ1v) is 14.1. The summed E-state index contributed by atoms with van der Waals surface area (Å²) in [7, 11) is 1.20. The Morgan fingerprint density at radius 3 is 2.59 bits per heavy atom. The quantitative estimate of drug-likeness (QED) is 0.171. The number of ether oxygens (including phenoxy) is 2. The molecule has 1 amide bonds. The third-order valence-electron chi connectivity index (χ3n) is 7.13. The van der Waals surface area contributed by atoms with Gasteiger partial charge in [-0.1, -0.05) is 49.7 Å². The van der Waals surface area contributed by atoms with E-state index in [1.807, 2.05) is 32.0 Å². The van der Waals surface area contributed by atoms with Crippen molar-refractivity contribution < 1.29 is 29.0 Å². The molecule has 0 bridgehead atoms. The van der Waals surface area contributed by atoms with Gasteiger partial charge >= 0.3 is 5.97 Å². The summed E-state index contributed by atoms with van der Waals surface area (Å²) in [4.78, 5) is 41.3. The lowest BCUT2D eigenvalue weighted by atomic mass is 9.73. The number of methoxy groups -OCH3 is 1. The van der Waals surface area contributed by atoms with Crippen molar-refractivity contribution in [2.45, 2.75) is 39.2 Å². The van der Waals surface area contributed by atoms with Crippen molar-refractivity contribution in [2.75, 3.05) is 17.3 Å². The van der Waals surface area contributed by atoms with Crippen LogP contribution in [0.1, 0.15) is 44.7 Å². The zero-order valence-corrected chi connectivity index (χ0v) is 25.0. The Labute approximate surface area is 251 Å². The van der Waals surface area contributed by atoms with E-state index < -0.39 is 24.3 Å². The molecule has 0 spiro atoms. The number of Topliss-reactive ketones (excluding diaryl/α,β-unsaturated/α-hetero) is 1. The predicted octanol–water partition coefficient (Wildman–Crippen LogP) is 7.31. The number of hydrogen-bond acceptors (Lipinski definition) is 7. The van der Waals surface area contributed by atoms with Gasteiger partial charge in [0, 0.05) is 22.7 Å². The van der Waals surface area contributed by atoms with E-state index in [2.05, 4.69) is 21.2 Å². The second kappa shape index (κ2) is 11.2. The molecule has 2 N–H and O–H groups in total. The van der Waals surface area contributed by atoms with E-state index in [0.29, 0.717) is 40.4 Å². The summed E-state index contributed by atoms with van der Waals surface area (Å²) in [5, 5.41) is 14.4. The number of anilines is 2. The number of rotatable bonds is 5. The van der Waals surface area contributed by atoms with Crippen molar-refractivity contribution in [3.63, 3.8) is 0 Å². The number of carbonyl (C=O) groups is 3. The molecule has 212 valence electrons. The molecule has 41 heavy (non-hydrogen) atoms. The van der Waals surface area contributed by atoms with Gasteiger partial charge in [0.2, 0.25) is 5.91 Å². The van der Waals surface area contributed by atoms with Crippen molar-refractivity contribution in [3.05, 3.63) is 87.0 Å². The summed E-state index contributed by atoms with van der Waals surface area (Å²) >= 11 is 10.4. The van der Waals surface area contributed by atoms with Gasteiger partial charge in [-0.3, -0.25) is 19.3 Å². The fourth-order valence-electron chi connectivity index (χ4n) is 5.34. The number of phenols is 1. The van der Waals surface area contributed by atoms with Crippen LogP contribution < -0.4 is 15.0 Å². The van der Waals surface area contributed by atoms with E-state index in [-0.39, 0.29) is 34.1 Å². The number of hydrogen-bond donors (Lipinski definition) is 2. The Kier molecular flexibility index (Phi) is 7.85. The maximum atomic E-state index is 13.9. The number of halogens is 2. The third-order valence-corrected chi connectivity index (χ3v) is 8.11. The summed E-state index contributed by atoms with van der Waals surface area (Å²) < 4.78 is 11.6. The second-order valence-corrected chi connectivity index (χ2v) is 12.0. The zero-order chi connectivity index (χ0) is 29.5. The molecule has 1 atom stereocenters. The number of nitrogens with zero attached hydrogens (tertiary/aromatic N) is 1. The second-order valence-electron chi connectivity index (χ2n) is 10.8. The number of aromatic hydroxyl groups is 1. The lowest BCUT2D eigenvalue weighted by molar-refractivity contribution is -0.143. The van der Waals surface area contributed by atoms with E-state index >= 15 is 0 Å². The Hall–Kier alpha value is -3.82. The predicted molar refractivity (Wildman–Crippen MR) is 159 cm³/mol. The average molecular weight is 640 g/mol. The number of allylic oxidation sites excluding steroid dienone is 1. The maximum Gasteiger partial charge on any atom is 0.315 e. The lowest BCUT2D eigenvalue weighted by Gasteiger charge is -2.37. The van der Waals surface area contributed by atoms with Gasteiger partial charge in [-0.15, -0.1) is 0 Å². The van der Waals surface area contributed by atoms with Crippen molar-refractivity contribution >= 4 is 56.6 Å². The summed E-state index contributed by atoms with van der Waals surface area (Å²) in [6, 6.07) is 16.2. The van der Waals surface area contributed by atoms with Gasteiger partial charge in [0.15, 0.2) is 5.78 Å². The number of amides is 1. The van der Waals surface area contributed by atoms with Gasteiger partial charge in [0.25, 0.3) is 0 Å². The first-order chi connectivity index (χ1) is 19.5. The summed E-state index contributed by atoms with van der Waals surface area (Å²) in [5.41, 5.74) is 1.58. The SMILES string of the molecule is COC(=O)CC(=O)N1c2cccc(O)c2NC2=C(C(=O)CC(C)(C)C2)C1c1ccc(Oc2ccccc2Br)cc1Cl. The van der Waals surface area contributed by atoms with Crippen LogP contribution in [0.3, 0.4) is 0 Å². The molecule has 10 heteroatoms. The van der Waals surface area contributed by atoms with E-state index in [4.69, 9.17) is 21.1 Å². The molecule has 0 fully saturated rings. The molecular formula is C31H28BrClN2O6. The van der Waals surface area contributed by atoms with Gasteiger partial charge in [-0.25, -0.2) is 0 Å². The molecule has 0 radical (unpaired) electrons. The molecule has 1 aliphatic heterocycles. The Balaban J connectivity index is 1.71. The third kappa shape index (κ3) is 5.69. The normalized spacial score (nSPS) is 17.6. The smallest absolute Gasteiger partial charge is 0.315 e. The molecule has 1 aliphatic carbocycles. The summed E-state index contributed by atoms with van der Waals surface area (Å²) in [6.45, 7) is 3.98. The molecule has 0 aromatic heterocycles. The molecule has 5 rings (SSSR count). The standard InChI is InChI=1S/C31H28BrClN2O6/c1-31(2)15-21-28(24(37)16-31)30(18-12-11-17(13-20(18)33)41-25-10-5-4-7-19(25)32)35(26(38)14-27(39)40-3)22-8-6-9-23(36)29(22)34-21/h4-13,30,34,36H,14-16H2,1-3H3. The summed E-state index contributed by atoms with van der Waals surface area (Å²) in [5.74, 6) is -0.587. The highest BCUT2D eigenvalue weighted by Crippen LogP contribution is 2.51. The van der Waals surface area contributed by atoms with E-state index in [1.54, 1.807) is 36.4 Å². The number of benzene rings is 3. The lowest BCUT2D eigenvalue weighted by Crippen LogP contribution is -2.40. The van der Waals surface area contributed by atoms with E-state index in [0.717, 1.165) is 4.47 Å². The van der Waals surface area contributed by atoms with Crippen LogP contribution in [-0.2, 0) is 19.1 Å². The summed E-state index contributed by atoms with van der Waals surface area (Å²) in [6.07, 6.45) is 0.149. The monoisotopic (exact) mass is 638 g/mol. The molecule has 3 aromatic carbocycles. The molecule has 2 aliphatic rings. The van der Waals surface area contributed by atoms with Crippen LogP contribution in [0.5, 0.6) is 17.2 Å². The largest absolute Gasteiger partial charge is 0.506 e. The van der Waals surface area contributed by atoms with Gasteiger partial charge in [-0.2, -0.15) is 0 Å². The van der Waals surface area contributed by atoms with Crippen molar-refractivity contribution in [1.82, 2.24) is 0 Å². The Morgan fingerprint density at radius 1 is 1.12 bits per heavy atom.